The van der Waals surface area contributed by atoms with Crippen LogP contribution in [0.25, 0.3) is 11.0 Å². The molecule has 1 atom stereocenters. The highest BCUT2D eigenvalue weighted by Crippen LogP contribution is 2.24. The zero-order valence-electron chi connectivity index (χ0n) is 15.1. The lowest BCUT2D eigenvalue weighted by Gasteiger charge is -2.32. The smallest absolute Gasteiger partial charge is 0.253 e. The Hall–Kier alpha value is -2.60. The number of benzene rings is 2. The molecule has 1 fully saturated rings. The lowest BCUT2D eigenvalue weighted by atomic mass is 9.89. The quantitative estimate of drug-likeness (QED) is 0.549. The first-order valence-electron chi connectivity index (χ1n) is 9.06. The summed E-state index contributed by atoms with van der Waals surface area (Å²) in [4.78, 5) is 36.0. The van der Waals surface area contributed by atoms with E-state index in [0.717, 1.165) is 34.3 Å². The second-order valence-electron chi connectivity index (χ2n) is 6.82. The Morgan fingerprint density at radius 3 is 2.70 bits per heavy atom. The van der Waals surface area contributed by atoms with Gasteiger partial charge in [0.2, 0.25) is 0 Å². The average Bonchev–Trinajstić information content (AvgIpc) is 3.20. The van der Waals surface area contributed by atoms with E-state index in [1.807, 2.05) is 42.7 Å². The molecule has 6 heteroatoms. The Bertz CT molecular complexity index is 981. The van der Waals surface area contributed by atoms with Gasteiger partial charge in [-0.25, -0.2) is 4.98 Å². The largest absolute Gasteiger partial charge is 0.345 e. The molecule has 0 radical (unpaired) electrons. The number of amides is 1. The van der Waals surface area contributed by atoms with Crippen molar-refractivity contribution in [3.05, 3.63) is 59.9 Å². The number of fused-ring (bicyclic) bond motifs is 1. The van der Waals surface area contributed by atoms with Crippen molar-refractivity contribution < 1.29 is 9.59 Å². The molecule has 1 aliphatic heterocycles. The number of hydrogen-bond acceptors (Lipinski definition) is 4. The Morgan fingerprint density at radius 1 is 1.15 bits per heavy atom. The van der Waals surface area contributed by atoms with Crippen molar-refractivity contribution in [1.82, 2.24) is 14.9 Å². The van der Waals surface area contributed by atoms with E-state index in [4.69, 9.17) is 0 Å². The molecule has 4 rings (SSSR count). The monoisotopic (exact) mass is 379 g/mol. The van der Waals surface area contributed by atoms with Crippen LogP contribution < -0.4 is 0 Å². The van der Waals surface area contributed by atoms with Gasteiger partial charge in [0.15, 0.2) is 5.78 Å². The SMILES string of the molecule is CSc1ccc(C(=O)C2CCCN(C(=O)c3ccc4nc[nH]c4c3)C2)cc1. The van der Waals surface area contributed by atoms with Crippen LogP contribution in [0.2, 0.25) is 0 Å². The molecule has 1 aromatic heterocycles. The Kier molecular flexibility index (Phi) is 4.99. The zero-order chi connectivity index (χ0) is 18.8. The fourth-order valence-electron chi connectivity index (χ4n) is 3.62. The summed E-state index contributed by atoms with van der Waals surface area (Å²) in [6.07, 6.45) is 5.31. The minimum absolute atomic E-state index is 0.0262. The maximum atomic E-state index is 12.9. The first kappa shape index (κ1) is 17.8. The highest BCUT2D eigenvalue weighted by atomic mass is 32.2. The molecule has 2 aromatic carbocycles. The number of nitrogens with one attached hydrogen (secondary N) is 1. The normalized spacial score (nSPS) is 17.2. The number of carbonyl (C=O) groups is 2. The summed E-state index contributed by atoms with van der Waals surface area (Å²) < 4.78 is 0. The molecule has 0 aliphatic carbocycles. The molecule has 0 saturated carbocycles. The highest BCUT2D eigenvalue weighted by Gasteiger charge is 2.29. The minimum Gasteiger partial charge on any atom is -0.345 e. The Labute approximate surface area is 162 Å². The summed E-state index contributed by atoms with van der Waals surface area (Å²) in [6, 6.07) is 13.2. The van der Waals surface area contributed by atoms with Crippen LogP contribution in [0.1, 0.15) is 33.6 Å². The molecule has 1 unspecified atom stereocenters. The number of likely N-dealkylation sites (tertiary alicyclic amines) is 1. The van der Waals surface area contributed by atoms with Crippen LogP contribution in [-0.2, 0) is 0 Å². The molecule has 27 heavy (non-hydrogen) atoms. The zero-order valence-corrected chi connectivity index (χ0v) is 16.0. The standard InChI is InChI=1S/C21H21N3O2S/c1-27-17-7-4-14(5-8-17)20(25)16-3-2-10-24(12-16)21(26)15-6-9-18-19(11-15)23-13-22-18/h4-9,11,13,16H,2-3,10,12H2,1H3,(H,22,23). The second kappa shape index (κ2) is 7.56. The van der Waals surface area contributed by atoms with Gasteiger partial charge in [-0.15, -0.1) is 11.8 Å². The topological polar surface area (TPSA) is 66.1 Å². The van der Waals surface area contributed by atoms with Gasteiger partial charge in [-0.05, 0) is 49.4 Å². The van der Waals surface area contributed by atoms with Crippen LogP contribution in [-0.4, -0.2) is 45.9 Å². The van der Waals surface area contributed by atoms with E-state index in [1.165, 1.54) is 0 Å². The molecular formula is C21H21N3O2S. The summed E-state index contributed by atoms with van der Waals surface area (Å²) in [5.74, 6) is -0.0374. The summed E-state index contributed by atoms with van der Waals surface area (Å²) in [5.41, 5.74) is 3.04. The summed E-state index contributed by atoms with van der Waals surface area (Å²) in [7, 11) is 0. The van der Waals surface area contributed by atoms with Crippen molar-refractivity contribution >= 4 is 34.5 Å². The lowest BCUT2D eigenvalue weighted by Crippen LogP contribution is -2.42. The number of H-pyrrole nitrogens is 1. The van der Waals surface area contributed by atoms with E-state index < -0.39 is 0 Å². The van der Waals surface area contributed by atoms with Gasteiger partial charge < -0.3 is 9.88 Å². The molecule has 0 bridgehead atoms. The predicted octanol–water partition coefficient (Wildman–Crippen LogP) is 4.02. The summed E-state index contributed by atoms with van der Waals surface area (Å²) in [6.45, 7) is 1.16. The van der Waals surface area contributed by atoms with Crippen LogP contribution in [0.3, 0.4) is 0 Å². The van der Waals surface area contributed by atoms with Gasteiger partial charge in [-0.3, -0.25) is 9.59 Å². The van der Waals surface area contributed by atoms with E-state index in [1.54, 1.807) is 29.1 Å². The van der Waals surface area contributed by atoms with E-state index >= 15 is 0 Å². The molecule has 1 N–H and O–H groups in total. The van der Waals surface area contributed by atoms with Gasteiger partial charge in [0.1, 0.15) is 0 Å². The molecule has 5 nitrogen and oxygen atoms in total. The number of carbonyl (C=O) groups excluding carboxylic acids is 2. The number of aromatic nitrogens is 2. The number of Topliss-reactive ketones (excluding diaryl/α,β-unsaturated/α-hetero) is 1. The van der Waals surface area contributed by atoms with E-state index in [-0.39, 0.29) is 17.6 Å². The van der Waals surface area contributed by atoms with E-state index in [9.17, 15) is 9.59 Å². The van der Waals surface area contributed by atoms with Gasteiger partial charge >= 0.3 is 0 Å². The first-order chi connectivity index (χ1) is 13.2. The number of imidazole rings is 1. The molecule has 138 valence electrons. The fraction of sp³-hybridized carbons (Fsp3) is 0.286. The molecule has 1 aliphatic rings. The minimum atomic E-state index is -0.140. The maximum Gasteiger partial charge on any atom is 0.253 e. The van der Waals surface area contributed by atoms with Crippen LogP contribution in [0.5, 0.6) is 0 Å². The summed E-state index contributed by atoms with van der Waals surface area (Å²) >= 11 is 1.66. The number of thioether (sulfide) groups is 1. The summed E-state index contributed by atoms with van der Waals surface area (Å²) in [5, 5.41) is 0. The molecule has 3 aromatic rings. The van der Waals surface area contributed by atoms with Crippen LogP contribution >= 0.6 is 11.8 Å². The number of ketones is 1. The van der Waals surface area contributed by atoms with Crippen LogP contribution in [0, 0.1) is 5.92 Å². The Balaban J connectivity index is 1.49. The lowest BCUT2D eigenvalue weighted by molar-refractivity contribution is 0.0637. The Morgan fingerprint density at radius 2 is 1.93 bits per heavy atom. The van der Waals surface area contributed by atoms with Gasteiger partial charge in [0, 0.05) is 35.0 Å². The van der Waals surface area contributed by atoms with Crippen molar-refractivity contribution in [3.63, 3.8) is 0 Å². The van der Waals surface area contributed by atoms with Crippen molar-refractivity contribution in [2.24, 2.45) is 5.92 Å². The molecule has 1 amide bonds. The molecule has 0 spiro atoms. The van der Waals surface area contributed by atoms with Gasteiger partial charge in [-0.2, -0.15) is 0 Å². The van der Waals surface area contributed by atoms with Crippen LogP contribution in [0.15, 0.2) is 53.7 Å². The van der Waals surface area contributed by atoms with E-state index in [0.29, 0.717) is 18.7 Å². The average molecular weight is 379 g/mol. The van der Waals surface area contributed by atoms with Gasteiger partial charge in [0.25, 0.3) is 5.91 Å². The first-order valence-corrected chi connectivity index (χ1v) is 10.3. The second-order valence-corrected chi connectivity index (χ2v) is 7.70. The van der Waals surface area contributed by atoms with Crippen molar-refractivity contribution in [3.8, 4) is 0 Å². The number of nitrogens with zero attached hydrogens (tertiary/aromatic N) is 2. The predicted molar refractivity (Wildman–Crippen MR) is 107 cm³/mol. The number of piperidine rings is 1. The van der Waals surface area contributed by atoms with Crippen LogP contribution in [0.4, 0.5) is 0 Å². The molecule has 2 heterocycles. The number of rotatable bonds is 4. The molecular weight excluding hydrogens is 358 g/mol. The molecule has 1 saturated heterocycles. The van der Waals surface area contributed by atoms with Crippen molar-refractivity contribution in [2.45, 2.75) is 17.7 Å². The maximum absolute atomic E-state index is 12.9. The fourth-order valence-corrected chi connectivity index (χ4v) is 4.03. The van der Waals surface area contributed by atoms with Gasteiger partial charge in [-0.1, -0.05) is 12.1 Å². The third kappa shape index (κ3) is 3.62. The third-order valence-corrected chi connectivity index (χ3v) is 5.86. The van der Waals surface area contributed by atoms with E-state index in [2.05, 4.69) is 9.97 Å². The van der Waals surface area contributed by atoms with Gasteiger partial charge in [0.05, 0.1) is 17.4 Å². The number of hydrogen-bond donors (Lipinski definition) is 1. The van der Waals surface area contributed by atoms with Crippen molar-refractivity contribution in [2.75, 3.05) is 19.3 Å². The third-order valence-electron chi connectivity index (χ3n) is 5.12. The van der Waals surface area contributed by atoms with Crippen molar-refractivity contribution in [1.29, 1.82) is 0 Å². The highest BCUT2D eigenvalue weighted by molar-refractivity contribution is 7.98. The number of aromatic amines is 1.